The van der Waals surface area contributed by atoms with Gasteiger partial charge in [0.05, 0.1) is 13.0 Å². The SMILES string of the molecule is CCc1ccc2oc(C(=O)Oc3ccc4c(c3)OC(N)=C(C#N)C4c3cccc(OC)c3)c(C)c2c1. The molecule has 180 valence electrons. The summed E-state index contributed by atoms with van der Waals surface area (Å²) >= 11 is 0. The molecule has 5 rings (SSSR count). The van der Waals surface area contributed by atoms with Gasteiger partial charge in [0.2, 0.25) is 11.6 Å². The van der Waals surface area contributed by atoms with Crippen LogP contribution in [0.3, 0.4) is 0 Å². The van der Waals surface area contributed by atoms with Gasteiger partial charge in [-0.2, -0.15) is 5.26 Å². The number of methoxy groups -OCH3 is 1. The molecular weight excluding hydrogens is 456 g/mol. The number of esters is 1. The molecule has 0 saturated heterocycles. The van der Waals surface area contributed by atoms with E-state index in [-0.39, 0.29) is 17.4 Å². The van der Waals surface area contributed by atoms with Crippen molar-refractivity contribution in [2.45, 2.75) is 26.2 Å². The zero-order valence-corrected chi connectivity index (χ0v) is 20.1. The number of hydrogen-bond acceptors (Lipinski definition) is 7. The Kier molecular flexibility index (Phi) is 5.87. The molecule has 1 atom stereocenters. The molecule has 0 aliphatic carbocycles. The van der Waals surface area contributed by atoms with E-state index in [0.29, 0.717) is 22.7 Å². The summed E-state index contributed by atoms with van der Waals surface area (Å²) in [5.74, 6) is 0.420. The van der Waals surface area contributed by atoms with Gasteiger partial charge in [0.15, 0.2) is 0 Å². The zero-order chi connectivity index (χ0) is 25.4. The minimum atomic E-state index is -0.608. The van der Waals surface area contributed by atoms with Crippen LogP contribution in [0.2, 0.25) is 0 Å². The largest absolute Gasteiger partial charge is 0.497 e. The maximum atomic E-state index is 13.0. The summed E-state index contributed by atoms with van der Waals surface area (Å²) in [6.45, 7) is 3.91. The third-order valence-corrected chi connectivity index (χ3v) is 6.42. The first kappa shape index (κ1) is 23.1. The minimum Gasteiger partial charge on any atom is -0.497 e. The number of nitriles is 1. The van der Waals surface area contributed by atoms with Crippen molar-refractivity contribution in [2.75, 3.05) is 7.11 Å². The van der Waals surface area contributed by atoms with E-state index >= 15 is 0 Å². The second-order valence-corrected chi connectivity index (χ2v) is 8.53. The average molecular weight is 481 g/mol. The molecule has 4 aromatic rings. The third-order valence-electron chi connectivity index (χ3n) is 6.42. The summed E-state index contributed by atoms with van der Waals surface area (Å²) in [7, 11) is 1.58. The van der Waals surface area contributed by atoms with Crippen molar-refractivity contribution in [1.29, 1.82) is 5.26 Å². The van der Waals surface area contributed by atoms with Crippen LogP contribution in [-0.4, -0.2) is 13.1 Å². The van der Waals surface area contributed by atoms with E-state index in [9.17, 15) is 10.1 Å². The number of carbonyl (C=O) groups excluding carboxylic acids is 1. The number of ether oxygens (including phenoxy) is 3. The summed E-state index contributed by atoms with van der Waals surface area (Å²) in [4.78, 5) is 13.0. The van der Waals surface area contributed by atoms with Crippen molar-refractivity contribution in [3.8, 4) is 23.3 Å². The van der Waals surface area contributed by atoms with Crippen LogP contribution in [0.15, 0.2) is 76.5 Å². The standard InChI is InChI=1S/C29H24N2O5/c1-4-17-8-11-24-22(12-17)16(2)27(35-24)29(32)34-20-9-10-21-25(14-20)36-28(31)23(15-30)26(21)18-6-5-7-19(13-18)33-3/h5-14,26H,4,31H2,1-3H3. The van der Waals surface area contributed by atoms with Crippen LogP contribution in [0.25, 0.3) is 11.0 Å². The molecule has 1 unspecified atom stereocenters. The lowest BCUT2D eigenvalue weighted by Gasteiger charge is -2.27. The van der Waals surface area contributed by atoms with Crippen LogP contribution in [-0.2, 0) is 6.42 Å². The van der Waals surface area contributed by atoms with E-state index in [1.165, 1.54) is 0 Å². The third kappa shape index (κ3) is 3.93. The lowest BCUT2D eigenvalue weighted by Crippen LogP contribution is -2.21. The molecular formula is C29H24N2O5. The van der Waals surface area contributed by atoms with Gasteiger partial charge < -0.3 is 24.4 Å². The van der Waals surface area contributed by atoms with E-state index in [4.69, 9.17) is 24.4 Å². The summed E-state index contributed by atoms with van der Waals surface area (Å²) in [6, 6.07) is 20.5. The van der Waals surface area contributed by atoms with Gasteiger partial charge in [-0.1, -0.05) is 31.2 Å². The molecule has 3 aromatic carbocycles. The van der Waals surface area contributed by atoms with Crippen LogP contribution < -0.4 is 19.9 Å². The first-order chi connectivity index (χ1) is 17.4. The molecule has 7 nitrogen and oxygen atoms in total. The zero-order valence-electron chi connectivity index (χ0n) is 20.1. The Morgan fingerprint density at radius 1 is 1.11 bits per heavy atom. The van der Waals surface area contributed by atoms with Gasteiger partial charge in [-0.25, -0.2) is 4.79 Å². The van der Waals surface area contributed by atoms with Crippen LogP contribution in [0, 0.1) is 18.3 Å². The predicted molar refractivity (Wildman–Crippen MR) is 134 cm³/mol. The number of fused-ring (bicyclic) bond motifs is 2. The fourth-order valence-corrected chi connectivity index (χ4v) is 4.50. The van der Waals surface area contributed by atoms with Crippen LogP contribution in [0.4, 0.5) is 0 Å². The molecule has 0 saturated carbocycles. The van der Waals surface area contributed by atoms with E-state index in [1.54, 1.807) is 25.3 Å². The van der Waals surface area contributed by atoms with Crippen LogP contribution >= 0.6 is 0 Å². The maximum absolute atomic E-state index is 13.0. The van der Waals surface area contributed by atoms with Crippen molar-refractivity contribution < 1.29 is 23.4 Å². The van der Waals surface area contributed by atoms with Crippen LogP contribution in [0.5, 0.6) is 17.2 Å². The van der Waals surface area contributed by atoms with Crippen LogP contribution in [0.1, 0.15) is 45.7 Å². The first-order valence-corrected chi connectivity index (χ1v) is 11.5. The Labute approximate surface area is 208 Å². The minimum absolute atomic E-state index is 0.00107. The fourth-order valence-electron chi connectivity index (χ4n) is 4.50. The second-order valence-electron chi connectivity index (χ2n) is 8.53. The Morgan fingerprint density at radius 2 is 1.94 bits per heavy atom. The summed E-state index contributed by atoms with van der Waals surface area (Å²) in [5.41, 5.74) is 10.5. The van der Waals surface area contributed by atoms with Gasteiger partial charge in [-0.15, -0.1) is 0 Å². The Morgan fingerprint density at radius 3 is 2.69 bits per heavy atom. The number of furan rings is 1. The highest BCUT2D eigenvalue weighted by Gasteiger charge is 2.31. The van der Waals surface area contributed by atoms with E-state index in [0.717, 1.165) is 34.1 Å². The molecule has 0 spiro atoms. The van der Waals surface area contributed by atoms with Crippen molar-refractivity contribution >= 4 is 16.9 Å². The maximum Gasteiger partial charge on any atom is 0.379 e. The van der Waals surface area contributed by atoms with Crippen molar-refractivity contribution in [3.05, 3.63) is 100 Å². The lowest BCUT2D eigenvalue weighted by molar-refractivity contribution is 0.0702. The highest BCUT2D eigenvalue weighted by atomic mass is 16.5. The highest BCUT2D eigenvalue weighted by molar-refractivity contribution is 5.97. The highest BCUT2D eigenvalue weighted by Crippen LogP contribution is 2.44. The smallest absolute Gasteiger partial charge is 0.379 e. The topological polar surface area (TPSA) is 108 Å². The fraction of sp³-hybridized carbons (Fsp3) is 0.172. The molecule has 1 aliphatic heterocycles. The number of aryl methyl sites for hydroxylation is 2. The van der Waals surface area contributed by atoms with Gasteiger partial charge in [0.25, 0.3) is 0 Å². The number of benzene rings is 3. The molecule has 7 heteroatoms. The van der Waals surface area contributed by atoms with Gasteiger partial charge >= 0.3 is 5.97 Å². The number of nitrogens with two attached hydrogens (primary N) is 1. The number of carbonyl (C=O) groups is 1. The predicted octanol–water partition coefficient (Wildman–Crippen LogP) is 5.75. The van der Waals surface area contributed by atoms with Gasteiger partial charge in [0, 0.05) is 22.6 Å². The number of allylic oxidation sites excluding steroid dienone is 1. The van der Waals surface area contributed by atoms with Crippen molar-refractivity contribution in [3.63, 3.8) is 0 Å². The van der Waals surface area contributed by atoms with Crippen molar-refractivity contribution in [2.24, 2.45) is 5.73 Å². The van der Waals surface area contributed by atoms with E-state index in [1.807, 2.05) is 49.4 Å². The van der Waals surface area contributed by atoms with E-state index in [2.05, 4.69) is 13.0 Å². The summed E-state index contributed by atoms with van der Waals surface area (Å²) in [6.07, 6.45) is 0.886. The number of hydrogen-bond donors (Lipinski definition) is 1. The Hall–Kier alpha value is -4.70. The van der Waals surface area contributed by atoms with E-state index < -0.39 is 11.9 Å². The molecule has 36 heavy (non-hydrogen) atoms. The number of rotatable bonds is 5. The van der Waals surface area contributed by atoms with Gasteiger partial charge in [-0.3, -0.25) is 0 Å². The quantitative estimate of drug-likeness (QED) is 0.286. The van der Waals surface area contributed by atoms with Gasteiger partial charge in [-0.05, 0) is 54.8 Å². The first-order valence-electron chi connectivity index (χ1n) is 11.5. The summed E-state index contributed by atoms with van der Waals surface area (Å²) in [5, 5.41) is 10.7. The molecule has 0 radical (unpaired) electrons. The number of nitrogens with zero attached hydrogens (tertiary/aromatic N) is 1. The Balaban J connectivity index is 1.48. The molecule has 2 N–H and O–H groups in total. The Bertz CT molecular complexity index is 1570. The monoisotopic (exact) mass is 480 g/mol. The molecule has 0 bridgehead atoms. The lowest BCUT2D eigenvalue weighted by atomic mass is 9.83. The summed E-state index contributed by atoms with van der Waals surface area (Å²) < 4.78 is 22.6. The molecule has 0 amide bonds. The van der Waals surface area contributed by atoms with Gasteiger partial charge in [0.1, 0.15) is 34.5 Å². The second kappa shape index (κ2) is 9.16. The van der Waals surface area contributed by atoms with Crippen molar-refractivity contribution in [1.82, 2.24) is 0 Å². The molecule has 0 fully saturated rings. The normalized spacial score (nSPS) is 14.7. The molecule has 2 heterocycles. The molecule has 1 aliphatic rings. The molecule has 1 aromatic heterocycles. The average Bonchev–Trinajstić information content (AvgIpc) is 3.23.